The normalized spacial score (nSPS) is 11.1. The van der Waals surface area contributed by atoms with Crippen LogP contribution >= 0.6 is 23.2 Å². The second kappa shape index (κ2) is 4.30. The second-order valence-corrected chi connectivity index (χ2v) is 5.05. The van der Waals surface area contributed by atoms with E-state index in [1.165, 1.54) is 0 Å². The molecule has 2 nitrogen and oxygen atoms in total. The maximum atomic E-state index is 6.29. The van der Waals surface area contributed by atoms with Crippen molar-refractivity contribution in [2.45, 2.75) is 6.92 Å². The van der Waals surface area contributed by atoms with Crippen molar-refractivity contribution in [3.63, 3.8) is 0 Å². The third-order valence-corrected chi connectivity index (χ3v) is 3.42. The molecule has 2 aromatic carbocycles. The molecule has 0 atom stereocenters. The van der Waals surface area contributed by atoms with Gasteiger partial charge in [0.2, 0.25) is 0 Å². The molecule has 0 unspecified atom stereocenters. The molecule has 0 saturated heterocycles. The number of nitrogens with one attached hydrogen (secondary N) is 1. The molecule has 0 bridgehead atoms. The molecule has 18 heavy (non-hydrogen) atoms. The zero-order valence-electron chi connectivity index (χ0n) is 9.67. The third kappa shape index (κ3) is 1.88. The summed E-state index contributed by atoms with van der Waals surface area (Å²) < 4.78 is 0. The van der Waals surface area contributed by atoms with E-state index >= 15 is 0 Å². The number of imidazole rings is 1. The number of H-pyrrole nitrogens is 1. The molecule has 0 amide bonds. The largest absolute Gasteiger partial charge is 0.342 e. The summed E-state index contributed by atoms with van der Waals surface area (Å²) in [7, 11) is 0. The lowest BCUT2D eigenvalue weighted by Gasteiger charge is -2.07. The van der Waals surface area contributed by atoms with Crippen LogP contribution in [0.3, 0.4) is 0 Å². The highest BCUT2D eigenvalue weighted by Crippen LogP contribution is 2.34. The number of aromatic nitrogens is 2. The quantitative estimate of drug-likeness (QED) is 0.677. The summed E-state index contributed by atoms with van der Waals surface area (Å²) in [6.45, 7) is 1.96. The average molecular weight is 277 g/mol. The van der Waals surface area contributed by atoms with Crippen LogP contribution in [-0.4, -0.2) is 9.97 Å². The molecule has 90 valence electrons. The Labute approximate surface area is 115 Å². The summed E-state index contributed by atoms with van der Waals surface area (Å²) in [5.74, 6) is 0.783. The number of hydrogen-bond acceptors (Lipinski definition) is 1. The molecule has 0 aliphatic heterocycles. The Morgan fingerprint density at radius 2 is 1.94 bits per heavy atom. The second-order valence-electron chi connectivity index (χ2n) is 4.20. The SMILES string of the molecule is Cc1cnc(-c2c(Cl)ccc3cc(Cl)ccc23)[nH]1. The fourth-order valence-corrected chi connectivity index (χ4v) is 2.49. The minimum absolute atomic E-state index is 0.680. The van der Waals surface area contributed by atoms with E-state index in [1.807, 2.05) is 37.3 Å². The lowest BCUT2D eigenvalue weighted by Crippen LogP contribution is -1.86. The first-order valence-corrected chi connectivity index (χ1v) is 6.30. The fraction of sp³-hybridized carbons (Fsp3) is 0.0714. The van der Waals surface area contributed by atoms with Crippen LogP contribution in [-0.2, 0) is 0 Å². The molecule has 0 saturated carbocycles. The summed E-state index contributed by atoms with van der Waals surface area (Å²) in [4.78, 5) is 7.56. The van der Waals surface area contributed by atoms with Gasteiger partial charge in [-0.3, -0.25) is 0 Å². The van der Waals surface area contributed by atoms with E-state index in [0.29, 0.717) is 10.0 Å². The standard InChI is InChI=1S/C14H10Cl2N2/c1-8-7-17-14(18-8)13-11-4-3-10(15)6-9(11)2-5-12(13)16/h2-7H,1H3,(H,17,18). The minimum Gasteiger partial charge on any atom is -0.342 e. The minimum atomic E-state index is 0.680. The first kappa shape index (κ1) is 11.6. The molecule has 1 N–H and O–H groups in total. The highest BCUT2D eigenvalue weighted by Gasteiger charge is 2.11. The molecular formula is C14H10Cl2N2. The number of halogens is 2. The Kier molecular flexibility index (Phi) is 2.77. The summed E-state index contributed by atoms with van der Waals surface area (Å²) in [6, 6.07) is 9.58. The van der Waals surface area contributed by atoms with Crippen molar-refractivity contribution in [2.75, 3.05) is 0 Å². The highest BCUT2D eigenvalue weighted by molar-refractivity contribution is 6.35. The monoisotopic (exact) mass is 276 g/mol. The van der Waals surface area contributed by atoms with Gasteiger partial charge in [0.15, 0.2) is 0 Å². The lowest BCUT2D eigenvalue weighted by atomic mass is 10.0. The van der Waals surface area contributed by atoms with Gasteiger partial charge in [0, 0.05) is 22.5 Å². The molecule has 0 aliphatic carbocycles. The van der Waals surface area contributed by atoms with Crippen molar-refractivity contribution in [3.05, 3.63) is 52.3 Å². The van der Waals surface area contributed by atoms with Gasteiger partial charge in [-0.1, -0.05) is 35.3 Å². The lowest BCUT2D eigenvalue weighted by molar-refractivity contribution is 1.26. The fourth-order valence-electron chi connectivity index (χ4n) is 2.05. The molecule has 0 aliphatic rings. The van der Waals surface area contributed by atoms with Crippen LogP contribution in [0.5, 0.6) is 0 Å². The molecule has 0 fully saturated rings. The van der Waals surface area contributed by atoms with Gasteiger partial charge >= 0.3 is 0 Å². The molecule has 0 radical (unpaired) electrons. The van der Waals surface area contributed by atoms with Crippen LogP contribution in [0.1, 0.15) is 5.69 Å². The predicted molar refractivity (Wildman–Crippen MR) is 76.3 cm³/mol. The number of aryl methyl sites for hydroxylation is 1. The number of aromatic amines is 1. The number of fused-ring (bicyclic) bond motifs is 1. The first-order valence-electron chi connectivity index (χ1n) is 5.55. The zero-order chi connectivity index (χ0) is 12.7. The van der Waals surface area contributed by atoms with Gasteiger partial charge < -0.3 is 4.98 Å². The Morgan fingerprint density at radius 3 is 2.67 bits per heavy atom. The number of rotatable bonds is 1. The molecule has 3 rings (SSSR count). The predicted octanol–water partition coefficient (Wildman–Crippen LogP) is 4.85. The Hall–Kier alpha value is -1.51. The average Bonchev–Trinajstić information content (AvgIpc) is 2.76. The van der Waals surface area contributed by atoms with Crippen molar-refractivity contribution in [2.24, 2.45) is 0 Å². The van der Waals surface area contributed by atoms with E-state index < -0.39 is 0 Å². The van der Waals surface area contributed by atoms with Gasteiger partial charge in [0.05, 0.1) is 5.02 Å². The van der Waals surface area contributed by atoms with Crippen LogP contribution in [0.2, 0.25) is 10.0 Å². The Balaban J connectivity index is 2.36. The number of nitrogens with zero attached hydrogens (tertiary/aromatic N) is 1. The summed E-state index contributed by atoms with van der Waals surface area (Å²) in [6.07, 6.45) is 1.79. The topological polar surface area (TPSA) is 28.7 Å². The summed E-state index contributed by atoms with van der Waals surface area (Å²) in [5.41, 5.74) is 1.92. The van der Waals surface area contributed by atoms with Crippen molar-refractivity contribution >= 4 is 34.0 Å². The van der Waals surface area contributed by atoms with E-state index in [0.717, 1.165) is 27.9 Å². The maximum Gasteiger partial charge on any atom is 0.139 e. The van der Waals surface area contributed by atoms with Crippen LogP contribution in [0.4, 0.5) is 0 Å². The van der Waals surface area contributed by atoms with Crippen LogP contribution in [0.15, 0.2) is 36.5 Å². The van der Waals surface area contributed by atoms with E-state index in [2.05, 4.69) is 9.97 Å². The summed E-state index contributed by atoms with van der Waals surface area (Å²) in [5, 5.41) is 3.49. The van der Waals surface area contributed by atoms with Crippen molar-refractivity contribution in [1.82, 2.24) is 9.97 Å². The van der Waals surface area contributed by atoms with E-state index in [1.54, 1.807) is 6.20 Å². The third-order valence-electron chi connectivity index (χ3n) is 2.87. The van der Waals surface area contributed by atoms with Crippen molar-refractivity contribution in [1.29, 1.82) is 0 Å². The van der Waals surface area contributed by atoms with Gasteiger partial charge in [-0.25, -0.2) is 4.98 Å². The van der Waals surface area contributed by atoms with Crippen molar-refractivity contribution in [3.8, 4) is 11.4 Å². The maximum absolute atomic E-state index is 6.29. The van der Waals surface area contributed by atoms with E-state index in [4.69, 9.17) is 23.2 Å². The Bertz CT molecular complexity index is 732. The smallest absolute Gasteiger partial charge is 0.139 e. The molecule has 4 heteroatoms. The first-order chi connectivity index (χ1) is 8.65. The number of benzene rings is 2. The molecule has 1 aromatic heterocycles. The van der Waals surface area contributed by atoms with Gasteiger partial charge in [0.25, 0.3) is 0 Å². The van der Waals surface area contributed by atoms with Crippen molar-refractivity contribution < 1.29 is 0 Å². The summed E-state index contributed by atoms with van der Waals surface area (Å²) >= 11 is 12.3. The van der Waals surface area contributed by atoms with Gasteiger partial charge in [0.1, 0.15) is 5.82 Å². The van der Waals surface area contributed by atoms with Gasteiger partial charge in [-0.2, -0.15) is 0 Å². The van der Waals surface area contributed by atoms with Crippen LogP contribution in [0.25, 0.3) is 22.2 Å². The highest BCUT2D eigenvalue weighted by atomic mass is 35.5. The van der Waals surface area contributed by atoms with E-state index in [-0.39, 0.29) is 0 Å². The molecular weight excluding hydrogens is 267 g/mol. The molecule has 1 heterocycles. The number of hydrogen-bond donors (Lipinski definition) is 1. The molecule has 0 spiro atoms. The van der Waals surface area contributed by atoms with Gasteiger partial charge in [-0.05, 0) is 35.9 Å². The van der Waals surface area contributed by atoms with Crippen LogP contribution < -0.4 is 0 Å². The van der Waals surface area contributed by atoms with Crippen LogP contribution in [0, 0.1) is 6.92 Å². The zero-order valence-corrected chi connectivity index (χ0v) is 11.2. The Morgan fingerprint density at radius 1 is 1.11 bits per heavy atom. The molecule has 3 aromatic rings. The van der Waals surface area contributed by atoms with Gasteiger partial charge in [-0.15, -0.1) is 0 Å². The van der Waals surface area contributed by atoms with E-state index in [9.17, 15) is 0 Å².